The second-order valence-electron chi connectivity index (χ2n) is 6.28. The monoisotopic (exact) mass is 298 g/mol. The number of hydrogen-bond acceptors (Lipinski definition) is 3. The maximum Gasteiger partial charge on any atom is 0.413 e. The molecular weight excluding hydrogens is 276 g/mol. The van der Waals surface area contributed by atoms with Crippen molar-refractivity contribution in [2.24, 2.45) is 0 Å². The van der Waals surface area contributed by atoms with E-state index in [2.05, 4.69) is 5.32 Å². The van der Waals surface area contributed by atoms with Gasteiger partial charge >= 0.3 is 6.09 Å². The summed E-state index contributed by atoms with van der Waals surface area (Å²) in [7, 11) is 0. The molecule has 3 N–H and O–H groups in total. The van der Waals surface area contributed by atoms with Crippen molar-refractivity contribution in [1.29, 1.82) is 0 Å². The van der Waals surface area contributed by atoms with Crippen LogP contribution in [0.25, 0.3) is 11.1 Å². The van der Waals surface area contributed by atoms with Crippen molar-refractivity contribution in [3.63, 3.8) is 0 Å². The summed E-state index contributed by atoms with van der Waals surface area (Å²) in [5.41, 5.74) is 9.25. The van der Waals surface area contributed by atoms with Crippen LogP contribution in [0.4, 0.5) is 10.5 Å². The van der Waals surface area contributed by atoms with Gasteiger partial charge in [0.2, 0.25) is 0 Å². The van der Waals surface area contributed by atoms with E-state index in [9.17, 15) is 4.79 Å². The van der Waals surface area contributed by atoms with E-state index < -0.39 is 6.09 Å². The molecule has 0 saturated heterocycles. The zero-order valence-electron chi connectivity index (χ0n) is 13.4. The molecule has 116 valence electrons. The highest BCUT2D eigenvalue weighted by Gasteiger charge is 2.17. The number of ether oxygens (including phenoxy) is 1. The molecule has 0 saturated carbocycles. The lowest BCUT2D eigenvalue weighted by Gasteiger charge is -2.20. The molecule has 4 heteroatoms. The standard InChI is InChI=1S/C18H22N2O2/c1-12-14(13-8-6-5-7-9-13)10-11-15(16(12)19)22-17(21)20-18(2,3)4/h5-11H,19H2,1-4H3,(H,20,21). The first-order chi connectivity index (χ1) is 10.3. The molecule has 0 aliphatic heterocycles. The van der Waals surface area contributed by atoms with E-state index in [1.165, 1.54) is 0 Å². The van der Waals surface area contributed by atoms with Crippen LogP contribution in [0.1, 0.15) is 26.3 Å². The van der Waals surface area contributed by atoms with Crippen LogP contribution in [0.3, 0.4) is 0 Å². The molecule has 1 amide bonds. The minimum atomic E-state index is -0.508. The van der Waals surface area contributed by atoms with Gasteiger partial charge in [0.15, 0.2) is 5.75 Å². The highest BCUT2D eigenvalue weighted by molar-refractivity contribution is 5.79. The molecule has 0 aliphatic carbocycles. The number of nitrogens with one attached hydrogen (secondary N) is 1. The fraction of sp³-hybridized carbons (Fsp3) is 0.278. The number of anilines is 1. The Morgan fingerprint density at radius 1 is 1.09 bits per heavy atom. The highest BCUT2D eigenvalue weighted by Crippen LogP contribution is 2.33. The van der Waals surface area contributed by atoms with Crippen molar-refractivity contribution < 1.29 is 9.53 Å². The maximum absolute atomic E-state index is 11.9. The van der Waals surface area contributed by atoms with Gasteiger partial charge in [-0.25, -0.2) is 4.79 Å². The van der Waals surface area contributed by atoms with Crippen LogP contribution in [0.2, 0.25) is 0 Å². The molecule has 2 aromatic carbocycles. The fourth-order valence-electron chi connectivity index (χ4n) is 2.15. The second kappa shape index (κ2) is 6.10. The third-order valence-electron chi connectivity index (χ3n) is 3.24. The number of nitrogen functional groups attached to an aromatic ring is 1. The van der Waals surface area contributed by atoms with E-state index in [0.29, 0.717) is 11.4 Å². The molecule has 22 heavy (non-hydrogen) atoms. The Balaban J connectivity index is 2.26. The Morgan fingerprint density at radius 2 is 1.73 bits per heavy atom. The number of amides is 1. The van der Waals surface area contributed by atoms with E-state index in [1.54, 1.807) is 6.07 Å². The molecule has 0 heterocycles. The normalized spacial score (nSPS) is 11.1. The quantitative estimate of drug-likeness (QED) is 0.819. The molecule has 4 nitrogen and oxygen atoms in total. The minimum Gasteiger partial charge on any atom is -0.408 e. The fourth-order valence-corrected chi connectivity index (χ4v) is 2.15. The van der Waals surface area contributed by atoms with Gasteiger partial charge in [0, 0.05) is 5.54 Å². The van der Waals surface area contributed by atoms with Crippen LogP contribution in [0, 0.1) is 6.92 Å². The largest absolute Gasteiger partial charge is 0.413 e. The lowest BCUT2D eigenvalue weighted by atomic mass is 9.99. The Kier molecular flexibility index (Phi) is 4.40. The Morgan fingerprint density at radius 3 is 2.32 bits per heavy atom. The molecular formula is C18H22N2O2. The minimum absolute atomic E-state index is 0.356. The first kappa shape index (κ1) is 15.9. The van der Waals surface area contributed by atoms with Gasteiger partial charge in [-0.05, 0) is 50.5 Å². The Bertz CT molecular complexity index is 673. The summed E-state index contributed by atoms with van der Waals surface area (Å²) in [4.78, 5) is 11.9. The van der Waals surface area contributed by atoms with Crippen LogP contribution in [0.5, 0.6) is 5.75 Å². The zero-order valence-corrected chi connectivity index (χ0v) is 13.4. The Labute approximate surface area is 131 Å². The molecule has 2 rings (SSSR count). The van der Waals surface area contributed by atoms with Gasteiger partial charge in [0.25, 0.3) is 0 Å². The number of carbonyl (C=O) groups excluding carboxylic acids is 1. The average Bonchev–Trinajstić information content (AvgIpc) is 2.43. The molecule has 0 fully saturated rings. The number of nitrogens with two attached hydrogens (primary N) is 1. The summed E-state index contributed by atoms with van der Waals surface area (Å²) in [6.07, 6.45) is -0.508. The van der Waals surface area contributed by atoms with Crippen LogP contribution in [0.15, 0.2) is 42.5 Å². The van der Waals surface area contributed by atoms with E-state index in [0.717, 1.165) is 16.7 Å². The van der Waals surface area contributed by atoms with Gasteiger partial charge in [-0.1, -0.05) is 36.4 Å². The smallest absolute Gasteiger partial charge is 0.408 e. The van der Waals surface area contributed by atoms with Crippen molar-refractivity contribution in [3.05, 3.63) is 48.0 Å². The molecule has 0 spiro atoms. The van der Waals surface area contributed by atoms with E-state index in [4.69, 9.17) is 10.5 Å². The SMILES string of the molecule is Cc1c(-c2ccccc2)ccc(OC(=O)NC(C)(C)C)c1N. The molecule has 0 unspecified atom stereocenters. The van der Waals surface area contributed by atoms with Crippen LogP contribution in [-0.4, -0.2) is 11.6 Å². The first-order valence-corrected chi connectivity index (χ1v) is 7.22. The van der Waals surface area contributed by atoms with E-state index >= 15 is 0 Å². The number of hydrogen-bond donors (Lipinski definition) is 2. The molecule has 0 bridgehead atoms. The number of rotatable bonds is 2. The van der Waals surface area contributed by atoms with E-state index in [-0.39, 0.29) is 5.54 Å². The first-order valence-electron chi connectivity index (χ1n) is 7.22. The lowest BCUT2D eigenvalue weighted by Crippen LogP contribution is -2.42. The van der Waals surface area contributed by atoms with Crippen molar-refractivity contribution >= 4 is 11.8 Å². The number of benzene rings is 2. The van der Waals surface area contributed by atoms with Gasteiger partial charge in [0.05, 0.1) is 5.69 Å². The van der Waals surface area contributed by atoms with Crippen LogP contribution in [-0.2, 0) is 0 Å². The maximum atomic E-state index is 11.9. The van der Waals surface area contributed by atoms with Crippen molar-refractivity contribution in [1.82, 2.24) is 5.32 Å². The molecule has 0 atom stereocenters. The summed E-state index contributed by atoms with van der Waals surface area (Å²) < 4.78 is 5.32. The zero-order chi connectivity index (χ0) is 16.3. The average molecular weight is 298 g/mol. The van der Waals surface area contributed by atoms with Gasteiger partial charge in [-0.2, -0.15) is 0 Å². The summed E-state index contributed by atoms with van der Waals surface area (Å²) >= 11 is 0. The number of carbonyl (C=O) groups is 1. The predicted molar refractivity (Wildman–Crippen MR) is 89.9 cm³/mol. The van der Waals surface area contributed by atoms with Gasteiger partial charge in [0.1, 0.15) is 0 Å². The molecule has 0 aliphatic rings. The van der Waals surface area contributed by atoms with Gasteiger partial charge < -0.3 is 15.8 Å². The molecule has 2 aromatic rings. The summed E-state index contributed by atoms with van der Waals surface area (Å²) in [5, 5.41) is 2.74. The third kappa shape index (κ3) is 3.79. The third-order valence-corrected chi connectivity index (χ3v) is 3.24. The van der Waals surface area contributed by atoms with E-state index in [1.807, 2.05) is 64.1 Å². The highest BCUT2D eigenvalue weighted by atomic mass is 16.6. The Hall–Kier alpha value is -2.49. The molecule has 0 radical (unpaired) electrons. The van der Waals surface area contributed by atoms with Gasteiger partial charge in [-0.15, -0.1) is 0 Å². The summed E-state index contributed by atoms with van der Waals surface area (Å²) in [6, 6.07) is 13.6. The van der Waals surface area contributed by atoms with Gasteiger partial charge in [-0.3, -0.25) is 0 Å². The van der Waals surface area contributed by atoms with Crippen LogP contribution < -0.4 is 15.8 Å². The second-order valence-corrected chi connectivity index (χ2v) is 6.28. The lowest BCUT2D eigenvalue weighted by molar-refractivity contribution is 0.191. The van der Waals surface area contributed by atoms with Crippen LogP contribution >= 0.6 is 0 Å². The summed E-state index contributed by atoms with van der Waals surface area (Å²) in [5.74, 6) is 0.374. The van der Waals surface area contributed by atoms with Crippen molar-refractivity contribution in [2.45, 2.75) is 33.2 Å². The van der Waals surface area contributed by atoms with Crippen molar-refractivity contribution in [2.75, 3.05) is 5.73 Å². The topological polar surface area (TPSA) is 64.3 Å². The summed E-state index contributed by atoms with van der Waals surface area (Å²) in [6.45, 7) is 7.59. The predicted octanol–water partition coefficient (Wildman–Crippen LogP) is 4.13. The molecule has 0 aromatic heterocycles. The van der Waals surface area contributed by atoms with Crippen molar-refractivity contribution in [3.8, 4) is 16.9 Å².